The van der Waals surface area contributed by atoms with E-state index < -0.39 is 55.3 Å². The Bertz CT molecular complexity index is 1370. The summed E-state index contributed by atoms with van der Waals surface area (Å²) in [4.78, 5) is 43.6. The van der Waals surface area contributed by atoms with Gasteiger partial charge in [-0.1, -0.05) is 135 Å². The SMILES string of the molecule is CCCCCCCC/C=C\CCCCCCCCC(CS)C(=O)[O][Sn]([CH2]CCCCCCCCCCC)([O]C(=O)C(CS)CCCCCCCC/C=C\CCCCCCCC)[O]C(=O)C(CS)CCCCCCCC/C=C\CCCCCCCC. The molecule has 0 aliphatic carbocycles. The minimum atomic E-state index is -5.32. The molecule has 85 heavy (non-hydrogen) atoms. The van der Waals surface area contributed by atoms with E-state index in [2.05, 4.69) is 64.2 Å². The van der Waals surface area contributed by atoms with Crippen molar-refractivity contribution in [1.29, 1.82) is 0 Å². The number of allylic oxidation sites excluding steroid dienone is 6. The summed E-state index contributed by atoms with van der Waals surface area (Å²) in [5.41, 5.74) is 0. The summed E-state index contributed by atoms with van der Waals surface area (Å²) in [6, 6.07) is 0. The molecular formula is C75H142O6S3Sn. The molecular weight excluding hydrogens is 1210 g/mol. The van der Waals surface area contributed by atoms with Crippen molar-refractivity contribution >= 4 is 75.4 Å². The van der Waals surface area contributed by atoms with Gasteiger partial charge < -0.3 is 0 Å². The number of hydrogen-bond acceptors (Lipinski definition) is 9. The van der Waals surface area contributed by atoms with Gasteiger partial charge in [0.2, 0.25) is 0 Å². The molecule has 3 unspecified atom stereocenters. The van der Waals surface area contributed by atoms with Crippen molar-refractivity contribution in [1.82, 2.24) is 0 Å². The number of rotatable bonds is 68. The van der Waals surface area contributed by atoms with Gasteiger partial charge in [-0.05, 0) is 38.5 Å². The normalized spacial score (nSPS) is 13.7. The Kier molecular flexibility index (Phi) is 67.4. The van der Waals surface area contributed by atoms with E-state index >= 15 is 0 Å². The summed E-state index contributed by atoms with van der Waals surface area (Å²) in [7, 11) is 0. The molecule has 3 atom stereocenters. The van der Waals surface area contributed by atoms with Crippen LogP contribution < -0.4 is 0 Å². The van der Waals surface area contributed by atoms with Gasteiger partial charge in [0.25, 0.3) is 0 Å². The van der Waals surface area contributed by atoms with Crippen molar-refractivity contribution in [2.45, 2.75) is 385 Å². The van der Waals surface area contributed by atoms with E-state index in [9.17, 15) is 14.4 Å². The van der Waals surface area contributed by atoms with Gasteiger partial charge in [-0.25, -0.2) is 0 Å². The molecule has 0 N–H and O–H groups in total. The van der Waals surface area contributed by atoms with Crippen molar-refractivity contribution < 1.29 is 23.6 Å². The van der Waals surface area contributed by atoms with Crippen LogP contribution in [0.15, 0.2) is 36.5 Å². The molecule has 0 saturated carbocycles. The molecule has 0 saturated heterocycles. The van der Waals surface area contributed by atoms with Crippen molar-refractivity contribution in [3.8, 4) is 0 Å². The minimum Gasteiger partial charge on any atom is -0.0885 e. The topological polar surface area (TPSA) is 78.9 Å². The summed E-state index contributed by atoms with van der Waals surface area (Å²) in [6.45, 7) is 9.08. The van der Waals surface area contributed by atoms with Crippen LogP contribution >= 0.6 is 37.9 Å². The fourth-order valence-corrected chi connectivity index (χ4v) is 19.7. The molecule has 0 aromatic heterocycles. The predicted molar refractivity (Wildman–Crippen MR) is 385 cm³/mol. The van der Waals surface area contributed by atoms with E-state index in [0.29, 0.717) is 47.4 Å². The first-order valence-corrected chi connectivity index (χ1v) is 44.6. The second-order valence-electron chi connectivity index (χ2n) is 25.7. The van der Waals surface area contributed by atoms with Gasteiger partial charge in [0.15, 0.2) is 0 Å². The molecule has 0 heterocycles. The monoisotopic (exact) mass is 1350 g/mol. The Morgan fingerprint density at radius 3 is 0.647 bits per heavy atom. The Hall–Kier alpha value is -0.521. The number of carbonyl (C=O) groups is 3. The average molecular weight is 1350 g/mol. The van der Waals surface area contributed by atoms with Gasteiger partial charge in [-0.15, -0.1) is 0 Å². The van der Waals surface area contributed by atoms with Gasteiger partial charge >= 0.3 is 382 Å². The maximum absolute atomic E-state index is 14.5. The number of thiol groups is 3. The molecule has 10 heteroatoms. The van der Waals surface area contributed by atoms with Crippen LogP contribution in [0.1, 0.15) is 381 Å². The molecule has 0 aliphatic heterocycles. The second-order valence-corrected chi connectivity index (χ2v) is 33.9. The number of unbranched alkanes of at least 4 members (excludes halogenated alkanes) is 45. The Morgan fingerprint density at radius 1 is 0.271 bits per heavy atom. The van der Waals surface area contributed by atoms with Gasteiger partial charge in [0, 0.05) is 0 Å². The van der Waals surface area contributed by atoms with E-state index in [1.165, 1.54) is 231 Å². The first-order chi connectivity index (χ1) is 41.8. The third-order valence-electron chi connectivity index (χ3n) is 17.5. The Balaban J connectivity index is 5.90. The summed E-state index contributed by atoms with van der Waals surface area (Å²) in [5.74, 6) is -1.67. The average Bonchev–Trinajstić information content (AvgIpc) is 3.59. The zero-order valence-electron chi connectivity index (χ0n) is 56.7. The maximum atomic E-state index is 14.5. The fourth-order valence-electron chi connectivity index (χ4n) is 11.5. The minimum absolute atomic E-state index is 0.309. The van der Waals surface area contributed by atoms with Crippen LogP contribution in [0.2, 0.25) is 4.44 Å². The molecule has 500 valence electrons. The molecule has 0 fully saturated rings. The third-order valence-corrected chi connectivity index (χ3v) is 25.9. The smallest absolute Gasteiger partial charge is 0.0885 e. The molecule has 0 aromatic rings. The second kappa shape index (κ2) is 67.9. The van der Waals surface area contributed by atoms with E-state index in [1.807, 2.05) is 0 Å². The van der Waals surface area contributed by atoms with Crippen LogP contribution in [-0.2, 0) is 23.6 Å². The van der Waals surface area contributed by atoms with Crippen LogP contribution in [0.25, 0.3) is 0 Å². The van der Waals surface area contributed by atoms with Crippen LogP contribution in [0.3, 0.4) is 0 Å². The molecule has 0 amide bonds. The van der Waals surface area contributed by atoms with E-state index in [-0.39, 0.29) is 0 Å². The van der Waals surface area contributed by atoms with Gasteiger partial charge in [-0.2, -0.15) is 0 Å². The molecule has 0 spiro atoms. The molecule has 0 aliphatic rings. The molecule has 0 radical (unpaired) electrons. The van der Waals surface area contributed by atoms with E-state index in [0.717, 1.165) is 96.3 Å². The Labute approximate surface area is 551 Å². The number of carbonyl (C=O) groups excluding carboxylic acids is 3. The number of hydrogen-bond donors (Lipinski definition) is 3. The molecule has 0 aromatic carbocycles. The van der Waals surface area contributed by atoms with Gasteiger partial charge in [0.1, 0.15) is 0 Å². The summed E-state index contributed by atoms with van der Waals surface area (Å²) in [5, 5.41) is 0. The summed E-state index contributed by atoms with van der Waals surface area (Å²) < 4.78 is 20.2. The van der Waals surface area contributed by atoms with Gasteiger partial charge in [-0.3, -0.25) is 0 Å². The van der Waals surface area contributed by atoms with Crippen molar-refractivity contribution in [3.05, 3.63) is 36.5 Å². The predicted octanol–water partition coefficient (Wildman–Crippen LogP) is 25.4. The van der Waals surface area contributed by atoms with Crippen LogP contribution in [0.5, 0.6) is 0 Å². The fraction of sp³-hybridized carbons (Fsp3) is 0.880. The van der Waals surface area contributed by atoms with Crippen molar-refractivity contribution in [3.63, 3.8) is 0 Å². The van der Waals surface area contributed by atoms with Crippen LogP contribution in [0, 0.1) is 17.8 Å². The van der Waals surface area contributed by atoms with Gasteiger partial charge in [0.05, 0.1) is 0 Å². The standard InChI is InChI=1S/3C21H40O2S.C12H25.Sn/c3*1-2-3-4-5-6-7-8-9-10-11-12-13-14-15-16-17-18-20(19-24)21(22)23;1-3-5-7-9-11-12-10-8-6-4-2;/h3*9-10,20,24H,2-8,11-19H2,1H3,(H,22,23);1,3-12H2,2H3;/q;;;;+3/p-3/b3*10-9-;;. The quantitative estimate of drug-likeness (QED) is 0.0244. The Morgan fingerprint density at radius 2 is 0.447 bits per heavy atom. The zero-order chi connectivity index (χ0) is 62.0. The first kappa shape index (κ1) is 84.5. The summed E-state index contributed by atoms with van der Waals surface area (Å²) in [6.07, 6.45) is 79.1. The van der Waals surface area contributed by atoms with E-state index in [1.54, 1.807) is 0 Å². The third kappa shape index (κ3) is 56.0. The van der Waals surface area contributed by atoms with Crippen molar-refractivity contribution in [2.75, 3.05) is 17.3 Å². The molecule has 0 bridgehead atoms. The van der Waals surface area contributed by atoms with Crippen molar-refractivity contribution in [2.24, 2.45) is 17.8 Å². The molecule has 6 nitrogen and oxygen atoms in total. The van der Waals surface area contributed by atoms with E-state index in [4.69, 9.17) is 47.1 Å². The van der Waals surface area contributed by atoms with Crippen LogP contribution in [-0.4, -0.2) is 54.8 Å². The first-order valence-electron chi connectivity index (χ1n) is 37.2. The molecule has 0 rings (SSSR count). The van der Waals surface area contributed by atoms with Crippen LogP contribution in [0.4, 0.5) is 0 Å². The summed E-state index contributed by atoms with van der Waals surface area (Å²) >= 11 is 8.78. The zero-order valence-corrected chi connectivity index (χ0v) is 62.2.